The highest BCUT2D eigenvalue weighted by atomic mass is 16.4. The van der Waals surface area contributed by atoms with E-state index in [9.17, 15) is 19.5 Å². The molecule has 0 spiro atoms. The van der Waals surface area contributed by atoms with Gasteiger partial charge in [-0.15, -0.1) is 0 Å². The molecule has 0 heterocycles. The van der Waals surface area contributed by atoms with Gasteiger partial charge in [-0.3, -0.25) is 4.79 Å². The summed E-state index contributed by atoms with van der Waals surface area (Å²) in [4.78, 5) is 34.4. The Hall–Kier alpha value is -2.61. The van der Waals surface area contributed by atoms with E-state index in [0.717, 1.165) is 5.56 Å². The summed E-state index contributed by atoms with van der Waals surface area (Å²) in [7, 11) is 0. The van der Waals surface area contributed by atoms with Gasteiger partial charge in [-0.25, -0.2) is 9.59 Å². The Labute approximate surface area is 145 Å². The average molecular weight is 352 g/mol. The predicted octanol–water partition coefficient (Wildman–Crippen LogP) is 0.842. The fraction of sp³-hybridized carbons (Fsp3) is 0.471. The number of nitrogens with one attached hydrogen (secondary N) is 2. The van der Waals surface area contributed by atoms with Crippen LogP contribution in [0.3, 0.4) is 0 Å². The maximum atomic E-state index is 12.2. The van der Waals surface area contributed by atoms with Crippen molar-refractivity contribution < 1.29 is 29.7 Å². The third-order valence-electron chi connectivity index (χ3n) is 3.58. The summed E-state index contributed by atoms with van der Waals surface area (Å²) >= 11 is 0. The number of rotatable bonds is 9. The molecule has 0 saturated carbocycles. The van der Waals surface area contributed by atoms with E-state index in [0.29, 0.717) is 0 Å². The first-order chi connectivity index (χ1) is 11.7. The molecule has 25 heavy (non-hydrogen) atoms. The van der Waals surface area contributed by atoms with Crippen LogP contribution in [0.15, 0.2) is 30.3 Å². The topological polar surface area (TPSA) is 136 Å². The van der Waals surface area contributed by atoms with Crippen LogP contribution in [0.25, 0.3) is 0 Å². The van der Waals surface area contributed by atoms with Crippen molar-refractivity contribution in [1.29, 1.82) is 0 Å². The zero-order chi connectivity index (χ0) is 19.0. The largest absolute Gasteiger partial charge is 0.480 e. The second kappa shape index (κ2) is 9.63. The van der Waals surface area contributed by atoms with Crippen molar-refractivity contribution in [2.24, 2.45) is 5.92 Å². The van der Waals surface area contributed by atoms with Gasteiger partial charge < -0.3 is 26.0 Å². The van der Waals surface area contributed by atoms with Gasteiger partial charge >= 0.3 is 12.1 Å². The Balaban J connectivity index is 2.84. The van der Waals surface area contributed by atoms with Crippen molar-refractivity contribution in [3.63, 3.8) is 0 Å². The second-order valence-electron chi connectivity index (χ2n) is 6.22. The Morgan fingerprint density at radius 1 is 1.04 bits per heavy atom. The number of carboxylic acids is 1. The van der Waals surface area contributed by atoms with E-state index < -0.39 is 36.2 Å². The van der Waals surface area contributed by atoms with Crippen LogP contribution in [0.4, 0.5) is 4.79 Å². The fourth-order valence-corrected chi connectivity index (χ4v) is 2.40. The lowest BCUT2D eigenvalue weighted by atomic mass is 9.99. The highest BCUT2D eigenvalue weighted by Crippen LogP contribution is 2.09. The van der Waals surface area contributed by atoms with Crippen LogP contribution in [0.5, 0.6) is 0 Å². The van der Waals surface area contributed by atoms with Crippen LogP contribution in [-0.2, 0) is 16.0 Å². The zero-order valence-electron chi connectivity index (χ0n) is 14.2. The van der Waals surface area contributed by atoms with Gasteiger partial charge in [0.2, 0.25) is 0 Å². The van der Waals surface area contributed by atoms with Crippen LogP contribution in [-0.4, -0.2) is 51.5 Å². The van der Waals surface area contributed by atoms with Gasteiger partial charge in [0.1, 0.15) is 6.04 Å². The zero-order valence-corrected chi connectivity index (χ0v) is 14.2. The summed E-state index contributed by atoms with van der Waals surface area (Å²) in [5.74, 6) is -2.11. The molecule has 0 aliphatic rings. The standard InChI is InChI=1S/C17H24N2O6/c1-10(2)8-13(16(22)23)18-15(21)14(20)12(19-17(24)25)9-11-6-4-3-5-7-11/h3-7,10,12-14,19-20H,8-9H2,1-2H3,(H,18,21)(H,22,23)(H,24,25). The third kappa shape index (κ3) is 7.21. The van der Waals surface area contributed by atoms with Crippen molar-refractivity contribution in [2.75, 3.05) is 0 Å². The molecule has 3 unspecified atom stereocenters. The molecule has 138 valence electrons. The molecule has 1 rings (SSSR count). The molecule has 0 radical (unpaired) electrons. The third-order valence-corrected chi connectivity index (χ3v) is 3.58. The molecule has 8 heteroatoms. The monoisotopic (exact) mass is 352 g/mol. The Morgan fingerprint density at radius 2 is 1.64 bits per heavy atom. The molecule has 0 aromatic heterocycles. The minimum Gasteiger partial charge on any atom is -0.480 e. The molecular formula is C17H24N2O6. The number of carboxylic acid groups (broad SMARTS) is 2. The van der Waals surface area contributed by atoms with E-state index in [2.05, 4.69) is 10.6 Å². The van der Waals surface area contributed by atoms with Gasteiger partial charge in [0.05, 0.1) is 6.04 Å². The first-order valence-corrected chi connectivity index (χ1v) is 7.95. The van der Waals surface area contributed by atoms with Crippen LogP contribution >= 0.6 is 0 Å². The molecule has 3 atom stereocenters. The highest BCUT2D eigenvalue weighted by Gasteiger charge is 2.31. The van der Waals surface area contributed by atoms with E-state index in [4.69, 9.17) is 10.2 Å². The smallest absolute Gasteiger partial charge is 0.404 e. The lowest BCUT2D eigenvalue weighted by Gasteiger charge is -2.24. The number of aliphatic carboxylic acids is 1. The second-order valence-corrected chi connectivity index (χ2v) is 6.22. The lowest BCUT2D eigenvalue weighted by molar-refractivity contribution is -0.144. The van der Waals surface area contributed by atoms with Crippen molar-refractivity contribution in [2.45, 2.75) is 44.9 Å². The van der Waals surface area contributed by atoms with E-state index in [-0.39, 0.29) is 18.8 Å². The van der Waals surface area contributed by atoms with E-state index in [1.165, 1.54) is 0 Å². The Morgan fingerprint density at radius 3 is 2.12 bits per heavy atom. The fourth-order valence-electron chi connectivity index (χ4n) is 2.40. The summed E-state index contributed by atoms with van der Waals surface area (Å²) in [5, 5.41) is 32.7. The van der Waals surface area contributed by atoms with Crippen LogP contribution in [0, 0.1) is 5.92 Å². The highest BCUT2D eigenvalue weighted by molar-refractivity contribution is 5.87. The maximum Gasteiger partial charge on any atom is 0.404 e. The minimum absolute atomic E-state index is 0.0239. The van der Waals surface area contributed by atoms with Crippen molar-refractivity contribution in [1.82, 2.24) is 10.6 Å². The van der Waals surface area contributed by atoms with E-state index in [1.54, 1.807) is 30.3 Å². The summed E-state index contributed by atoms with van der Waals surface area (Å²) in [6, 6.07) is 6.51. The van der Waals surface area contributed by atoms with Crippen LogP contribution < -0.4 is 10.6 Å². The summed E-state index contributed by atoms with van der Waals surface area (Å²) in [6.07, 6.45) is -2.82. The molecule has 2 amide bonds. The van der Waals surface area contributed by atoms with Crippen LogP contribution in [0.1, 0.15) is 25.8 Å². The van der Waals surface area contributed by atoms with Crippen molar-refractivity contribution in [3.8, 4) is 0 Å². The maximum absolute atomic E-state index is 12.2. The van der Waals surface area contributed by atoms with Gasteiger partial charge in [-0.2, -0.15) is 0 Å². The molecule has 0 saturated heterocycles. The van der Waals surface area contributed by atoms with Gasteiger partial charge in [0, 0.05) is 0 Å². The van der Waals surface area contributed by atoms with E-state index in [1.807, 2.05) is 13.8 Å². The Kier molecular flexibility index (Phi) is 7.87. The van der Waals surface area contributed by atoms with Crippen molar-refractivity contribution >= 4 is 18.0 Å². The van der Waals surface area contributed by atoms with Crippen molar-refractivity contribution in [3.05, 3.63) is 35.9 Å². The SMILES string of the molecule is CC(C)CC(NC(=O)C(O)C(Cc1ccccc1)NC(=O)O)C(=O)O. The molecule has 8 nitrogen and oxygen atoms in total. The van der Waals surface area contributed by atoms with Crippen LogP contribution in [0.2, 0.25) is 0 Å². The Bertz CT molecular complexity index is 590. The normalized spacial score (nSPS) is 14.4. The number of carbonyl (C=O) groups is 3. The summed E-state index contributed by atoms with van der Waals surface area (Å²) in [6.45, 7) is 3.62. The number of aliphatic hydroxyl groups excluding tert-OH is 1. The first-order valence-electron chi connectivity index (χ1n) is 7.95. The van der Waals surface area contributed by atoms with Gasteiger partial charge in [0.15, 0.2) is 6.10 Å². The molecule has 0 aliphatic carbocycles. The predicted molar refractivity (Wildman–Crippen MR) is 90.1 cm³/mol. The van der Waals surface area contributed by atoms with Gasteiger partial charge in [-0.1, -0.05) is 44.2 Å². The first kappa shape index (κ1) is 20.4. The number of aliphatic hydroxyl groups is 1. The van der Waals surface area contributed by atoms with E-state index >= 15 is 0 Å². The average Bonchev–Trinajstić information content (AvgIpc) is 2.52. The number of hydrogen-bond acceptors (Lipinski definition) is 4. The summed E-state index contributed by atoms with van der Waals surface area (Å²) in [5.41, 5.74) is 0.727. The number of hydrogen-bond donors (Lipinski definition) is 5. The molecule has 5 N–H and O–H groups in total. The molecule has 0 fully saturated rings. The molecule has 1 aromatic carbocycles. The quantitative estimate of drug-likeness (QED) is 0.447. The molecule has 0 bridgehead atoms. The molecule has 1 aromatic rings. The number of benzene rings is 1. The summed E-state index contributed by atoms with van der Waals surface area (Å²) < 4.78 is 0. The van der Waals surface area contributed by atoms with Gasteiger partial charge in [-0.05, 0) is 24.3 Å². The molecule has 0 aliphatic heterocycles. The lowest BCUT2D eigenvalue weighted by Crippen LogP contribution is -2.54. The number of amides is 2. The minimum atomic E-state index is -1.72. The molecular weight excluding hydrogens is 328 g/mol. The van der Waals surface area contributed by atoms with Gasteiger partial charge in [0.25, 0.3) is 5.91 Å². The number of carbonyl (C=O) groups excluding carboxylic acids is 1.